The number of benzene rings is 4. The first-order chi connectivity index (χ1) is 17.9. The van der Waals surface area contributed by atoms with Gasteiger partial charge in [0.1, 0.15) is 5.75 Å². The number of nitrogens with zero attached hydrogens (tertiary/aromatic N) is 1. The predicted molar refractivity (Wildman–Crippen MR) is 146 cm³/mol. The van der Waals surface area contributed by atoms with Gasteiger partial charge in [-0.25, -0.2) is 4.79 Å². The molecule has 4 aromatic rings. The molecule has 1 heterocycles. The second kappa shape index (κ2) is 10.4. The number of carbonyl (C=O) groups excluding carboxylic acids is 2. The fourth-order valence-corrected chi connectivity index (χ4v) is 5.58. The number of halogens is 2. The van der Waals surface area contributed by atoms with E-state index < -0.39 is 5.97 Å². The molecule has 2 unspecified atom stereocenters. The van der Waals surface area contributed by atoms with Crippen molar-refractivity contribution in [3.63, 3.8) is 0 Å². The second-order valence-corrected chi connectivity index (χ2v) is 10.0. The molecular formula is C30H25Cl2NO4. The van der Waals surface area contributed by atoms with E-state index in [-0.39, 0.29) is 17.9 Å². The largest absolute Gasteiger partial charge is 0.497 e. The molecule has 188 valence electrons. The zero-order chi connectivity index (χ0) is 26.1. The first kappa shape index (κ1) is 25.1. The van der Waals surface area contributed by atoms with Gasteiger partial charge in [0.05, 0.1) is 25.8 Å². The molecule has 0 spiro atoms. The highest BCUT2D eigenvalue weighted by Crippen LogP contribution is 2.43. The van der Waals surface area contributed by atoms with Crippen LogP contribution in [-0.2, 0) is 4.74 Å². The summed E-state index contributed by atoms with van der Waals surface area (Å²) in [6.45, 7) is 0.513. The van der Waals surface area contributed by atoms with Gasteiger partial charge in [0.2, 0.25) is 0 Å². The third kappa shape index (κ3) is 5.15. The minimum atomic E-state index is -0.441. The number of fused-ring (bicyclic) bond motifs is 1. The van der Waals surface area contributed by atoms with E-state index in [1.54, 1.807) is 37.4 Å². The maximum absolute atomic E-state index is 13.8. The van der Waals surface area contributed by atoms with Gasteiger partial charge in [0.25, 0.3) is 5.91 Å². The van der Waals surface area contributed by atoms with Crippen molar-refractivity contribution in [1.82, 2.24) is 4.90 Å². The summed E-state index contributed by atoms with van der Waals surface area (Å²) in [4.78, 5) is 27.5. The van der Waals surface area contributed by atoms with Crippen LogP contribution < -0.4 is 4.74 Å². The third-order valence-corrected chi connectivity index (χ3v) is 7.36. The van der Waals surface area contributed by atoms with Gasteiger partial charge >= 0.3 is 5.97 Å². The fourth-order valence-electron chi connectivity index (χ4n) is 5.04. The van der Waals surface area contributed by atoms with Crippen LogP contribution in [0.1, 0.15) is 50.2 Å². The topological polar surface area (TPSA) is 55.8 Å². The maximum Gasteiger partial charge on any atom is 0.337 e. The lowest BCUT2D eigenvalue weighted by atomic mass is 9.93. The molecule has 5 rings (SSSR count). The Hall–Kier alpha value is -3.54. The first-order valence-electron chi connectivity index (χ1n) is 11.9. The van der Waals surface area contributed by atoms with Gasteiger partial charge in [-0.3, -0.25) is 4.79 Å². The molecular weight excluding hydrogens is 509 g/mol. The molecule has 0 aliphatic carbocycles. The monoisotopic (exact) mass is 533 g/mol. The Labute approximate surface area is 225 Å². The molecule has 1 aliphatic rings. The van der Waals surface area contributed by atoms with Crippen LogP contribution in [0.15, 0.2) is 78.9 Å². The average molecular weight is 534 g/mol. The van der Waals surface area contributed by atoms with Crippen molar-refractivity contribution in [2.75, 3.05) is 20.8 Å². The number of ether oxygens (including phenoxy) is 2. The number of methoxy groups -OCH3 is 2. The molecule has 0 N–H and O–H groups in total. The third-order valence-electron chi connectivity index (χ3n) is 6.93. The van der Waals surface area contributed by atoms with Gasteiger partial charge in [-0.15, -0.1) is 0 Å². The molecule has 5 nitrogen and oxygen atoms in total. The van der Waals surface area contributed by atoms with E-state index in [0.717, 1.165) is 34.1 Å². The molecule has 7 heteroatoms. The molecule has 2 atom stereocenters. The molecule has 1 aliphatic heterocycles. The van der Waals surface area contributed by atoms with Crippen LogP contribution in [0.25, 0.3) is 10.8 Å². The number of esters is 1. The molecule has 1 fully saturated rings. The molecule has 1 amide bonds. The Kier molecular flexibility index (Phi) is 7.09. The van der Waals surface area contributed by atoms with E-state index in [9.17, 15) is 9.59 Å². The van der Waals surface area contributed by atoms with E-state index in [2.05, 4.69) is 18.2 Å². The summed E-state index contributed by atoms with van der Waals surface area (Å²) in [5.41, 5.74) is 2.96. The van der Waals surface area contributed by atoms with Crippen LogP contribution in [0.4, 0.5) is 0 Å². The summed E-state index contributed by atoms with van der Waals surface area (Å²) in [7, 11) is 2.98. The average Bonchev–Trinajstić information content (AvgIpc) is 3.37. The van der Waals surface area contributed by atoms with Crippen LogP contribution in [-0.4, -0.2) is 37.5 Å². The van der Waals surface area contributed by atoms with Crippen LogP contribution >= 0.6 is 23.2 Å². The van der Waals surface area contributed by atoms with Crippen LogP contribution in [0.3, 0.4) is 0 Å². The first-order valence-corrected chi connectivity index (χ1v) is 12.6. The highest BCUT2D eigenvalue weighted by molar-refractivity contribution is 6.34. The van der Waals surface area contributed by atoms with Gasteiger partial charge in [0, 0.05) is 28.1 Å². The summed E-state index contributed by atoms with van der Waals surface area (Å²) in [6, 6.07) is 24.2. The van der Waals surface area contributed by atoms with Crippen molar-refractivity contribution in [3.8, 4) is 5.75 Å². The maximum atomic E-state index is 13.8. The minimum Gasteiger partial charge on any atom is -0.497 e. The number of rotatable bonds is 5. The van der Waals surface area contributed by atoms with Crippen molar-refractivity contribution in [3.05, 3.63) is 111 Å². The highest BCUT2D eigenvalue weighted by atomic mass is 35.5. The Morgan fingerprint density at radius 2 is 1.43 bits per heavy atom. The zero-order valence-electron chi connectivity index (χ0n) is 20.4. The molecule has 4 aromatic carbocycles. The summed E-state index contributed by atoms with van der Waals surface area (Å²) in [6.07, 6.45) is 0.727. The minimum absolute atomic E-state index is 0.0612. The molecule has 37 heavy (non-hydrogen) atoms. The summed E-state index contributed by atoms with van der Waals surface area (Å²) >= 11 is 12.6. The summed E-state index contributed by atoms with van der Waals surface area (Å²) in [5.74, 6) is 0.313. The Morgan fingerprint density at radius 3 is 2.11 bits per heavy atom. The quantitative estimate of drug-likeness (QED) is 0.252. The predicted octanol–water partition coefficient (Wildman–Crippen LogP) is 7.31. The molecule has 0 aromatic heterocycles. The fraction of sp³-hybridized carbons (Fsp3) is 0.200. The van der Waals surface area contributed by atoms with E-state index in [0.29, 0.717) is 27.7 Å². The van der Waals surface area contributed by atoms with Gasteiger partial charge < -0.3 is 14.4 Å². The Balaban J connectivity index is 1.52. The normalized spacial score (nSPS) is 17.1. The molecule has 0 saturated carbocycles. The number of hydrogen-bond acceptors (Lipinski definition) is 4. The lowest BCUT2D eigenvalue weighted by Gasteiger charge is -2.25. The Morgan fingerprint density at radius 1 is 0.784 bits per heavy atom. The standard InChI is InChI=1S/C30H25Cl2NO4/c1-36-27-10-9-20-11-22(8-7-21(20)14-27)28-15-24(23-12-25(31)16-26(32)13-23)17-33(28)29(34)18-3-5-19(6-4-18)30(35)37-2/h3-14,16,24,28H,15,17H2,1-2H3. The molecule has 1 saturated heterocycles. The number of carbonyl (C=O) groups is 2. The SMILES string of the molecule is COC(=O)c1ccc(C(=O)N2CC(c3cc(Cl)cc(Cl)c3)CC2c2ccc3cc(OC)ccc3c2)cc1. The van der Waals surface area contributed by atoms with Crippen LogP contribution in [0, 0.1) is 0 Å². The Bertz CT molecular complexity index is 1460. The lowest BCUT2D eigenvalue weighted by Crippen LogP contribution is -2.31. The number of hydrogen-bond donors (Lipinski definition) is 0. The van der Waals surface area contributed by atoms with Gasteiger partial charge in [-0.05, 0) is 89.0 Å². The van der Waals surface area contributed by atoms with Gasteiger partial charge in [-0.2, -0.15) is 0 Å². The zero-order valence-corrected chi connectivity index (χ0v) is 21.9. The van der Waals surface area contributed by atoms with Crippen LogP contribution in [0.2, 0.25) is 10.0 Å². The number of amides is 1. The van der Waals surface area contributed by atoms with Crippen molar-refractivity contribution in [2.45, 2.75) is 18.4 Å². The summed E-state index contributed by atoms with van der Waals surface area (Å²) in [5, 5.41) is 3.28. The number of likely N-dealkylation sites (tertiary alicyclic amines) is 1. The smallest absolute Gasteiger partial charge is 0.337 e. The van der Waals surface area contributed by atoms with E-state index in [4.69, 9.17) is 32.7 Å². The van der Waals surface area contributed by atoms with E-state index >= 15 is 0 Å². The van der Waals surface area contributed by atoms with Crippen molar-refractivity contribution >= 4 is 45.9 Å². The van der Waals surface area contributed by atoms with E-state index in [1.165, 1.54) is 7.11 Å². The van der Waals surface area contributed by atoms with Crippen molar-refractivity contribution in [2.24, 2.45) is 0 Å². The molecule has 0 bridgehead atoms. The second-order valence-electron chi connectivity index (χ2n) is 9.15. The van der Waals surface area contributed by atoms with Gasteiger partial charge in [-0.1, -0.05) is 41.4 Å². The molecule has 0 radical (unpaired) electrons. The van der Waals surface area contributed by atoms with Gasteiger partial charge in [0.15, 0.2) is 0 Å². The van der Waals surface area contributed by atoms with E-state index in [1.807, 2.05) is 35.2 Å². The highest BCUT2D eigenvalue weighted by Gasteiger charge is 2.37. The summed E-state index contributed by atoms with van der Waals surface area (Å²) < 4.78 is 10.1. The van der Waals surface area contributed by atoms with Crippen LogP contribution in [0.5, 0.6) is 5.75 Å². The van der Waals surface area contributed by atoms with Crippen molar-refractivity contribution < 1.29 is 19.1 Å². The van der Waals surface area contributed by atoms with Crippen molar-refractivity contribution in [1.29, 1.82) is 0 Å². The lowest BCUT2D eigenvalue weighted by molar-refractivity contribution is 0.0599.